The van der Waals surface area contributed by atoms with Gasteiger partial charge in [-0.3, -0.25) is 0 Å². The molecule has 0 radical (unpaired) electrons. The summed E-state index contributed by atoms with van der Waals surface area (Å²) in [5.74, 6) is -0.235. The molecule has 2 heteroatoms. The fourth-order valence-corrected chi connectivity index (χ4v) is 2.00. The van der Waals surface area contributed by atoms with Gasteiger partial charge in [0.1, 0.15) is 5.82 Å². The van der Waals surface area contributed by atoms with Crippen LogP contribution in [0.1, 0.15) is 0 Å². The number of halogens is 1. The molecule has 0 saturated carbocycles. The molecule has 1 nitrogen and oxygen atoms in total. The summed E-state index contributed by atoms with van der Waals surface area (Å²) in [6, 6.07) is 20.7. The highest BCUT2D eigenvalue weighted by molar-refractivity contribution is 5.86. The van der Waals surface area contributed by atoms with Crippen LogP contribution in [0.25, 0.3) is 10.8 Å². The number of benzene rings is 3. The van der Waals surface area contributed by atoms with Crippen LogP contribution >= 0.6 is 0 Å². The highest BCUT2D eigenvalue weighted by Gasteiger charge is 1.98. The molecule has 0 amide bonds. The fourth-order valence-electron chi connectivity index (χ4n) is 2.00. The summed E-state index contributed by atoms with van der Waals surface area (Å²) in [5, 5.41) is 5.56. The predicted octanol–water partition coefficient (Wildman–Crippen LogP) is 4.72. The maximum Gasteiger partial charge on any atom is 0.125 e. The lowest BCUT2D eigenvalue weighted by Gasteiger charge is -2.07. The van der Waals surface area contributed by atoms with E-state index in [2.05, 4.69) is 29.6 Å². The Morgan fingerprint density at radius 3 is 2.28 bits per heavy atom. The lowest BCUT2D eigenvalue weighted by molar-refractivity contribution is 0.628. The molecule has 1 N–H and O–H groups in total. The molecule has 0 saturated heterocycles. The molecule has 0 fully saturated rings. The number of rotatable bonds is 2. The van der Waals surface area contributed by atoms with Crippen molar-refractivity contribution in [3.8, 4) is 0 Å². The molecule has 0 unspecified atom stereocenters. The third-order valence-electron chi connectivity index (χ3n) is 2.86. The highest BCUT2D eigenvalue weighted by Crippen LogP contribution is 2.22. The third-order valence-corrected chi connectivity index (χ3v) is 2.86. The highest BCUT2D eigenvalue weighted by atomic mass is 19.1. The molecule has 18 heavy (non-hydrogen) atoms. The van der Waals surface area contributed by atoms with Gasteiger partial charge in [0.25, 0.3) is 0 Å². The van der Waals surface area contributed by atoms with Gasteiger partial charge in [-0.2, -0.15) is 0 Å². The average Bonchev–Trinajstić information content (AvgIpc) is 2.39. The van der Waals surface area contributed by atoms with Gasteiger partial charge in [0.15, 0.2) is 0 Å². The Labute approximate surface area is 105 Å². The van der Waals surface area contributed by atoms with Gasteiger partial charge in [0.05, 0.1) is 0 Å². The summed E-state index contributed by atoms with van der Waals surface area (Å²) >= 11 is 0. The van der Waals surface area contributed by atoms with Gasteiger partial charge in [0.2, 0.25) is 0 Å². The summed E-state index contributed by atoms with van der Waals surface area (Å²) in [6.45, 7) is 0. The molecule has 3 aromatic carbocycles. The molecular weight excluding hydrogens is 225 g/mol. The summed E-state index contributed by atoms with van der Waals surface area (Å²) in [6.07, 6.45) is 0. The van der Waals surface area contributed by atoms with E-state index in [1.165, 1.54) is 22.9 Å². The van der Waals surface area contributed by atoms with Crippen LogP contribution < -0.4 is 5.32 Å². The molecule has 0 aliphatic heterocycles. The first-order valence-electron chi connectivity index (χ1n) is 5.83. The Bertz CT molecular complexity index is 691. The second-order valence-electron chi connectivity index (χ2n) is 4.20. The van der Waals surface area contributed by atoms with Gasteiger partial charge in [-0.15, -0.1) is 0 Å². The minimum atomic E-state index is -0.235. The first kappa shape index (κ1) is 10.8. The number of fused-ring (bicyclic) bond motifs is 1. The van der Waals surface area contributed by atoms with Crippen molar-refractivity contribution < 1.29 is 4.39 Å². The second kappa shape index (κ2) is 4.49. The summed E-state index contributed by atoms with van der Waals surface area (Å²) < 4.78 is 13.1. The Morgan fingerprint density at radius 1 is 0.667 bits per heavy atom. The Balaban J connectivity index is 1.95. The minimum absolute atomic E-state index is 0.235. The monoisotopic (exact) mass is 237 g/mol. The zero-order valence-electron chi connectivity index (χ0n) is 9.73. The van der Waals surface area contributed by atoms with Crippen molar-refractivity contribution in [2.24, 2.45) is 0 Å². The van der Waals surface area contributed by atoms with Crippen LogP contribution in [-0.2, 0) is 0 Å². The summed E-state index contributed by atoms with van der Waals surface area (Å²) in [4.78, 5) is 0. The van der Waals surface area contributed by atoms with E-state index in [1.807, 2.05) is 24.3 Å². The van der Waals surface area contributed by atoms with E-state index in [1.54, 1.807) is 6.07 Å². The van der Waals surface area contributed by atoms with Crippen molar-refractivity contribution in [1.29, 1.82) is 0 Å². The SMILES string of the molecule is Fc1cccc(Nc2ccc3ccccc3c2)c1. The lowest BCUT2D eigenvalue weighted by atomic mass is 10.1. The van der Waals surface area contributed by atoms with E-state index in [-0.39, 0.29) is 5.82 Å². The first-order valence-corrected chi connectivity index (χ1v) is 5.83. The van der Waals surface area contributed by atoms with Gasteiger partial charge >= 0.3 is 0 Å². The topological polar surface area (TPSA) is 12.0 Å². The molecule has 3 aromatic rings. The van der Waals surface area contributed by atoms with E-state index in [0.29, 0.717) is 0 Å². The quantitative estimate of drug-likeness (QED) is 0.679. The maximum absolute atomic E-state index is 13.1. The third kappa shape index (κ3) is 2.18. The molecule has 0 aromatic heterocycles. The number of hydrogen-bond donors (Lipinski definition) is 1. The average molecular weight is 237 g/mol. The van der Waals surface area contributed by atoms with E-state index in [9.17, 15) is 4.39 Å². The predicted molar refractivity (Wildman–Crippen MR) is 73.6 cm³/mol. The molecule has 3 rings (SSSR count). The van der Waals surface area contributed by atoms with Crippen molar-refractivity contribution in [3.63, 3.8) is 0 Å². The standard InChI is InChI=1S/C16H12FN/c17-14-6-3-7-15(11-14)18-16-9-8-12-4-1-2-5-13(12)10-16/h1-11,18H. The molecule has 0 atom stereocenters. The van der Waals surface area contributed by atoms with Gasteiger partial charge in [-0.1, -0.05) is 36.4 Å². The van der Waals surface area contributed by atoms with Crippen LogP contribution in [0, 0.1) is 5.82 Å². The number of anilines is 2. The van der Waals surface area contributed by atoms with Crippen LogP contribution in [0.4, 0.5) is 15.8 Å². The van der Waals surface area contributed by atoms with E-state index in [0.717, 1.165) is 11.4 Å². The molecule has 0 heterocycles. The number of hydrogen-bond acceptors (Lipinski definition) is 1. The number of nitrogens with one attached hydrogen (secondary N) is 1. The van der Waals surface area contributed by atoms with E-state index >= 15 is 0 Å². The van der Waals surface area contributed by atoms with Crippen LogP contribution in [0.2, 0.25) is 0 Å². The van der Waals surface area contributed by atoms with Crippen LogP contribution in [0.3, 0.4) is 0 Å². The normalized spacial score (nSPS) is 10.5. The largest absolute Gasteiger partial charge is 0.355 e. The van der Waals surface area contributed by atoms with Crippen LogP contribution in [-0.4, -0.2) is 0 Å². The molecular formula is C16H12FN. The van der Waals surface area contributed by atoms with Crippen LogP contribution in [0.5, 0.6) is 0 Å². The van der Waals surface area contributed by atoms with Crippen molar-refractivity contribution in [1.82, 2.24) is 0 Å². The zero-order valence-corrected chi connectivity index (χ0v) is 9.73. The van der Waals surface area contributed by atoms with Crippen molar-refractivity contribution in [3.05, 3.63) is 72.5 Å². The smallest absolute Gasteiger partial charge is 0.125 e. The Hall–Kier alpha value is -2.35. The Kier molecular flexibility index (Phi) is 2.69. The molecule has 0 bridgehead atoms. The molecule has 0 aliphatic carbocycles. The van der Waals surface area contributed by atoms with E-state index in [4.69, 9.17) is 0 Å². The van der Waals surface area contributed by atoms with Crippen molar-refractivity contribution in [2.45, 2.75) is 0 Å². The first-order chi connectivity index (χ1) is 8.81. The maximum atomic E-state index is 13.1. The minimum Gasteiger partial charge on any atom is -0.355 e. The Morgan fingerprint density at radius 2 is 1.44 bits per heavy atom. The van der Waals surface area contributed by atoms with Crippen molar-refractivity contribution >= 4 is 22.1 Å². The molecule has 0 spiro atoms. The molecule has 0 aliphatic rings. The van der Waals surface area contributed by atoms with Crippen LogP contribution in [0.15, 0.2) is 66.7 Å². The zero-order chi connectivity index (χ0) is 12.4. The van der Waals surface area contributed by atoms with Gasteiger partial charge < -0.3 is 5.32 Å². The fraction of sp³-hybridized carbons (Fsp3) is 0. The van der Waals surface area contributed by atoms with Gasteiger partial charge in [-0.05, 0) is 41.1 Å². The molecule has 88 valence electrons. The second-order valence-corrected chi connectivity index (χ2v) is 4.20. The summed E-state index contributed by atoms with van der Waals surface area (Å²) in [7, 11) is 0. The summed E-state index contributed by atoms with van der Waals surface area (Å²) in [5.41, 5.74) is 1.71. The van der Waals surface area contributed by atoms with Crippen molar-refractivity contribution in [2.75, 3.05) is 5.32 Å². The van der Waals surface area contributed by atoms with E-state index < -0.39 is 0 Å². The van der Waals surface area contributed by atoms with Gasteiger partial charge in [0, 0.05) is 11.4 Å². The van der Waals surface area contributed by atoms with Gasteiger partial charge in [-0.25, -0.2) is 4.39 Å². The lowest BCUT2D eigenvalue weighted by Crippen LogP contribution is -1.90.